The summed E-state index contributed by atoms with van der Waals surface area (Å²) in [6.07, 6.45) is 0. The lowest BCUT2D eigenvalue weighted by molar-refractivity contribution is 0.488. The van der Waals surface area contributed by atoms with Crippen LogP contribution in [0.1, 0.15) is 5.01 Å². The summed E-state index contributed by atoms with van der Waals surface area (Å²) in [5.74, 6) is 0.661. The standard InChI is InChI=1S/C11H12N2O3S3/c1-9-12-13-11(18-9)17-7-8-19(14,15)16-10-5-3-2-4-6-10/h2-6H,7-8H2,1H3. The number of aryl methyl sites for hydroxylation is 1. The molecule has 2 aromatic rings. The van der Waals surface area contributed by atoms with E-state index in [-0.39, 0.29) is 5.75 Å². The highest BCUT2D eigenvalue weighted by Crippen LogP contribution is 2.22. The summed E-state index contributed by atoms with van der Waals surface area (Å²) in [6.45, 7) is 1.86. The smallest absolute Gasteiger partial charge is 0.310 e. The van der Waals surface area contributed by atoms with Gasteiger partial charge in [-0.05, 0) is 19.1 Å². The van der Waals surface area contributed by atoms with Crippen molar-refractivity contribution in [2.45, 2.75) is 11.3 Å². The Morgan fingerprint density at radius 1 is 1.26 bits per heavy atom. The highest BCUT2D eigenvalue weighted by Gasteiger charge is 2.13. The van der Waals surface area contributed by atoms with Gasteiger partial charge in [0.15, 0.2) is 4.34 Å². The molecule has 0 aliphatic rings. The Balaban J connectivity index is 1.84. The van der Waals surface area contributed by atoms with Crippen LogP contribution in [0.15, 0.2) is 34.7 Å². The van der Waals surface area contributed by atoms with Crippen LogP contribution in [0, 0.1) is 6.92 Å². The Bertz CT molecular complexity index is 626. The minimum atomic E-state index is -3.56. The summed E-state index contributed by atoms with van der Waals surface area (Å²) in [6, 6.07) is 8.47. The molecule has 0 aliphatic carbocycles. The molecule has 1 aromatic carbocycles. The largest absolute Gasteiger partial charge is 0.382 e. The molecule has 0 N–H and O–H groups in total. The third-order valence-corrected chi connectivity index (χ3v) is 5.42. The van der Waals surface area contributed by atoms with Crippen molar-refractivity contribution in [3.8, 4) is 5.75 Å². The minimum Gasteiger partial charge on any atom is -0.382 e. The van der Waals surface area contributed by atoms with Crippen LogP contribution in [-0.2, 0) is 10.1 Å². The number of para-hydroxylation sites is 1. The lowest BCUT2D eigenvalue weighted by Gasteiger charge is -2.05. The molecular weight excluding hydrogens is 304 g/mol. The van der Waals surface area contributed by atoms with Crippen LogP contribution in [0.3, 0.4) is 0 Å². The number of hydrogen-bond acceptors (Lipinski definition) is 7. The van der Waals surface area contributed by atoms with E-state index in [4.69, 9.17) is 4.18 Å². The van der Waals surface area contributed by atoms with Gasteiger partial charge in [-0.15, -0.1) is 10.2 Å². The van der Waals surface area contributed by atoms with E-state index in [0.29, 0.717) is 11.5 Å². The average Bonchev–Trinajstić information content (AvgIpc) is 2.75. The molecule has 0 atom stereocenters. The second kappa shape index (κ2) is 6.36. The SMILES string of the molecule is Cc1nnc(SCCS(=O)(=O)Oc2ccccc2)s1. The van der Waals surface area contributed by atoms with Crippen molar-refractivity contribution in [2.24, 2.45) is 0 Å². The van der Waals surface area contributed by atoms with Crippen LogP contribution in [0.4, 0.5) is 0 Å². The van der Waals surface area contributed by atoms with Gasteiger partial charge in [0.2, 0.25) is 0 Å². The van der Waals surface area contributed by atoms with E-state index in [9.17, 15) is 8.42 Å². The molecule has 0 radical (unpaired) electrons. The average molecular weight is 316 g/mol. The number of nitrogens with zero attached hydrogens (tertiary/aromatic N) is 2. The zero-order valence-electron chi connectivity index (χ0n) is 10.1. The molecule has 2 rings (SSSR count). The maximum absolute atomic E-state index is 11.7. The van der Waals surface area contributed by atoms with Gasteiger partial charge in [0, 0.05) is 5.75 Å². The maximum atomic E-state index is 11.7. The van der Waals surface area contributed by atoms with Crippen molar-refractivity contribution in [2.75, 3.05) is 11.5 Å². The number of thioether (sulfide) groups is 1. The highest BCUT2D eigenvalue weighted by molar-refractivity contribution is 8.01. The van der Waals surface area contributed by atoms with E-state index in [1.165, 1.54) is 23.1 Å². The molecule has 0 unspecified atom stereocenters. The fourth-order valence-electron chi connectivity index (χ4n) is 1.23. The predicted octanol–water partition coefficient (Wildman–Crippen LogP) is 2.35. The van der Waals surface area contributed by atoms with Gasteiger partial charge < -0.3 is 4.18 Å². The van der Waals surface area contributed by atoms with Crippen molar-refractivity contribution in [3.63, 3.8) is 0 Å². The molecule has 0 fully saturated rings. The monoisotopic (exact) mass is 316 g/mol. The van der Waals surface area contributed by atoms with Crippen LogP contribution in [0.25, 0.3) is 0 Å². The molecule has 1 heterocycles. The molecule has 19 heavy (non-hydrogen) atoms. The Hall–Kier alpha value is -1.12. The van der Waals surface area contributed by atoms with Crippen molar-refractivity contribution in [1.29, 1.82) is 0 Å². The van der Waals surface area contributed by atoms with Gasteiger partial charge in [0.1, 0.15) is 10.8 Å². The first-order valence-corrected chi connectivity index (χ1v) is 8.83. The Kier molecular flexibility index (Phi) is 4.78. The predicted molar refractivity (Wildman–Crippen MR) is 76.2 cm³/mol. The van der Waals surface area contributed by atoms with Crippen molar-refractivity contribution in [1.82, 2.24) is 10.2 Å². The minimum absolute atomic E-state index is 0.0643. The Morgan fingerprint density at radius 3 is 2.63 bits per heavy atom. The normalized spacial score (nSPS) is 11.4. The van der Waals surface area contributed by atoms with E-state index in [2.05, 4.69) is 10.2 Å². The zero-order valence-corrected chi connectivity index (χ0v) is 12.6. The van der Waals surface area contributed by atoms with E-state index < -0.39 is 10.1 Å². The first-order valence-electron chi connectivity index (χ1n) is 5.45. The number of aromatic nitrogens is 2. The van der Waals surface area contributed by atoms with Crippen LogP contribution < -0.4 is 4.18 Å². The molecule has 0 amide bonds. The fraction of sp³-hybridized carbons (Fsp3) is 0.273. The van der Waals surface area contributed by atoms with E-state index in [1.807, 2.05) is 6.92 Å². The summed E-state index contributed by atoms with van der Waals surface area (Å²) < 4.78 is 29.2. The van der Waals surface area contributed by atoms with Gasteiger partial charge >= 0.3 is 10.1 Å². The van der Waals surface area contributed by atoms with Crippen molar-refractivity contribution >= 4 is 33.2 Å². The van der Waals surface area contributed by atoms with Gasteiger partial charge in [-0.1, -0.05) is 41.3 Å². The first kappa shape index (κ1) is 14.3. The van der Waals surface area contributed by atoms with Crippen LogP contribution in [0.2, 0.25) is 0 Å². The molecule has 1 aromatic heterocycles. The maximum Gasteiger partial charge on any atom is 0.310 e. The molecule has 102 valence electrons. The molecule has 5 nitrogen and oxygen atoms in total. The quantitative estimate of drug-likeness (QED) is 0.602. The topological polar surface area (TPSA) is 69.2 Å². The summed E-state index contributed by atoms with van der Waals surface area (Å²) in [5.41, 5.74) is 0. The summed E-state index contributed by atoms with van der Waals surface area (Å²) in [4.78, 5) is 0. The number of rotatable bonds is 6. The molecule has 0 bridgehead atoms. The van der Waals surface area contributed by atoms with E-state index >= 15 is 0 Å². The molecule has 0 saturated heterocycles. The fourth-order valence-corrected chi connectivity index (χ4v) is 4.41. The van der Waals surface area contributed by atoms with Gasteiger partial charge in [-0.3, -0.25) is 0 Å². The third kappa shape index (κ3) is 4.81. The second-order valence-corrected chi connectivity index (χ2v) is 7.81. The lowest BCUT2D eigenvalue weighted by atomic mass is 10.3. The Labute approximate surface area is 120 Å². The van der Waals surface area contributed by atoms with Gasteiger partial charge in [-0.2, -0.15) is 8.42 Å². The van der Waals surface area contributed by atoms with Crippen molar-refractivity contribution < 1.29 is 12.6 Å². The molecule has 0 aliphatic heterocycles. The summed E-state index contributed by atoms with van der Waals surface area (Å²) in [7, 11) is -3.56. The summed E-state index contributed by atoms with van der Waals surface area (Å²) >= 11 is 2.81. The van der Waals surface area contributed by atoms with E-state index in [0.717, 1.165) is 9.35 Å². The van der Waals surface area contributed by atoms with Crippen molar-refractivity contribution in [3.05, 3.63) is 35.3 Å². The van der Waals surface area contributed by atoms with Crippen LogP contribution in [0.5, 0.6) is 5.75 Å². The molecule has 8 heteroatoms. The second-order valence-electron chi connectivity index (χ2n) is 3.59. The molecular formula is C11H12N2O3S3. The first-order chi connectivity index (χ1) is 9.05. The van der Waals surface area contributed by atoms with Crippen LogP contribution >= 0.6 is 23.1 Å². The third-order valence-electron chi connectivity index (χ3n) is 2.03. The van der Waals surface area contributed by atoms with Crippen LogP contribution in [-0.4, -0.2) is 30.1 Å². The van der Waals surface area contributed by atoms with Gasteiger partial charge in [-0.25, -0.2) is 0 Å². The summed E-state index contributed by atoms with van der Waals surface area (Å²) in [5, 5.41) is 8.65. The van der Waals surface area contributed by atoms with Gasteiger partial charge in [0.05, 0.1) is 5.75 Å². The molecule has 0 spiro atoms. The lowest BCUT2D eigenvalue weighted by Crippen LogP contribution is -2.15. The number of benzene rings is 1. The number of hydrogen-bond donors (Lipinski definition) is 0. The highest BCUT2D eigenvalue weighted by atomic mass is 32.2. The van der Waals surface area contributed by atoms with E-state index in [1.54, 1.807) is 30.3 Å². The Morgan fingerprint density at radius 2 is 2.00 bits per heavy atom. The molecule has 0 saturated carbocycles. The zero-order chi connectivity index (χ0) is 13.7. The van der Waals surface area contributed by atoms with Gasteiger partial charge in [0.25, 0.3) is 0 Å².